The van der Waals surface area contributed by atoms with Gasteiger partial charge in [0.25, 0.3) is 5.91 Å². The molecular formula is C32H44N4O2. The summed E-state index contributed by atoms with van der Waals surface area (Å²) >= 11 is 0. The van der Waals surface area contributed by atoms with Crippen LogP contribution in [0.1, 0.15) is 65.1 Å². The summed E-state index contributed by atoms with van der Waals surface area (Å²) in [6.45, 7) is 9.63. The zero-order valence-electron chi connectivity index (χ0n) is 23.4. The highest BCUT2D eigenvalue weighted by atomic mass is 16.2. The molecule has 3 aliphatic heterocycles. The van der Waals surface area contributed by atoms with Gasteiger partial charge >= 0.3 is 0 Å². The number of hydrogen-bond acceptors (Lipinski definition) is 4. The molecule has 3 aliphatic rings. The smallest absolute Gasteiger partial charge is 0.254 e. The van der Waals surface area contributed by atoms with E-state index in [1.807, 2.05) is 38.1 Å². The molecule has 0 spiro atoms. The van der Waals surface area contributed by atoms with Gasteiger partial charge in [0.1, 0.15) is 5.54 Å². The SMILES string of the molecule is Cc1cccc(C)c1C(=O)N1CC2CN(CC[C@@H](c3ccccc3)C3(C(N)=O)CCCCCN3C)CC2C1. The van der Waals surface area contributed by atoms with E-state index in [0.29, 0.717) is 11.8 Å². The highest BCUT2D eigenvalue weighted by molar-refractivity contribution is 5.97. The van der Waals surface area contributed by atoms with Crippen LogP contribution >= 0.6 is 0 Å². The summed E-state index contributed by atoms with van der Waals surface area (Å²) in [5.74, 6) is 1.10. The van der Waals surface area contributed by atoms with Crippen molar-refractivity contribution in [3.63, 3.8) is 0 Å². The molecule has 204 valence electrons. The Kier molecular flexibility index (Phi) is 7.92. The summed E-state index contributed by atoms with van der Waals surface area (Å²) in [6.07, 6.45) is 5.02. The van der Waals surface area contributed by atoms with Gasteiger partial charge < -0.3 is 15.5 Å². The zero-order chi connectivity index (χ0) is 26.9. The molecule has 4 atom stereocenters. The minimum absolute atomic E-state index is 0.0619. The van der Waals surface area contributed by atoms with E-state index < -0.39 is 5.54 Å². The molecular weight excluding hydrogens is 472 g/mol. The lowest BCUT2D eigenvalue weighted by Crippen LogP contribution is -2.59. The first kappa shape index (κ1) is 26.9. The number of amides is 2. The minimum atomic E-state index is -0.651. The van der Waals surface area contributed by atoms with Crippen LogP contribution in [-0.2, 0) is 4.79 Å². The Morgan fingerprint density at radius 1 is 0.921 bits per heavy atom. The van der Waals surface area contributed by atoms with Gasteiger partial charge in [0.2, 0.25) is 5.91 Å². The van der Waals surface area contributed by atoms with Crippen molar-refractivity contribution < 1.29 is 9.59 Å². The summed E-state index contributed by atoms with van der Waals surface area (Å²) in [5, 5.41) is 0. The van der Waals surface area contributed by atoms with Crippen LogP contribution < -0.4 is 5.73 Å². The van der Waals surface area contributed by atoms with Crippen LogP contribution in [0.25, 0.3) is 0 Å². The third-order valence-corrected chi connectivity index (χ3v) is 9.72. The normalized spacial score (nSPS) is 27.2. The van der Waals surface area contributed by atoms with Gasteiger partial charge in [-0.15, -0.1) is 0 Å². The summed E-state index contributed by atoms with van der Waals surface area (Å²) < 4.78 is 0. The summed E-state index contributed by atoms with van der Waals surface area (Å²) in [5.41, 5.74) is 9.80. The number of hydrogen-bond donors (Lipinski definition) is 1. The number of likely N-dealkylation sites (tertiary alicyclic amines) is 3. The molecule has 3 heterocycles. The molecule has 2 N–H and O–H groups in total. The molecule has 5 rings (SSSR count). The van der Waals surface area contributed by atoms with Crippen molar-refractivity contribution in [3.8, 4) is 0 Å². The second-order valence-electron chi connectivity index (χ2n) is 12.0. The lowest BCUT2D eigenvalue weighted by molar-refractivity contribution is -0.131. The highest BCUT2D eigenvalue weighted by Gasteiger charge is 2.49. The van der Waals surface area contributed by atoms with E-state index in [9.17, 15) is 9.59 Å². The van der Waals surface area contributed by atoms with E-state index in [-0.39, 0.29) is 17.7 Å². The monoisotopic (exact) mass is 516 g/mol. The van der Waals surface area contributed by atoms with Crippen molar-refractivity contribution in [2.24, 2.45) is 17.6 Å². The zero-order valence-corrected chi connectivity index (χ0v) is 23.4. The van der Waals surface area contributed by atoms with Crippen LogP contribution in [0.2, 0.25) is 0 Å². The quantitative estimate of drug-likeness (QED) is 0.599. The molecule has 6 heteroatoms. The number of fused-ring (bicyclic) bond motifs is 1. The van der Waals surface area contributed by atoms with E-state index in [1.165, 1.54) is 5.56 Å². The first-order valence-electron chi connectivity index (χ1n) is 14.4. The van der Waals surface area contributed by atoms with Gasteiger partial charge in [-0.25, -0.2) is 0 Å². The Hall–Kier alpha value is -2.70. The Balaban J connectivity index is 1.28. The van der Waals surface area contributed by atoms with E-state index in [2.05, 4.69) is 46.0 Å². The molecule has 3 unspecified atom stereocenters. The molecule has 3 fully saturated rings. The Bertz CT molecular complexity index is 1120. The van der Waals surface area contributed by atoms with Gasteiger partial charge in [0, 0.05) is 37.7 Å². The summed E-state index contributed by atoms with van der Waals surface area (Å²) in [4.78, 5) is 33.5. The fraction of sp³-hybridized carbons (Fsp3) is 0.562. The predicted octanol–water partition coefficient (Wildman–Crippen LogP) is 4.21. The number of carbonyl (C=O) groups is 2. The van der Waals surface area contributed by atoms with Gasteiger partial charge in [-0.1, -0.05) is 61.4 Å². The predicted molar refractivity (Wildman–Crippen MR) is 152 cm³/mol. The Morgan fingerprint density at radius 2 is 1.58 bits per heavy atom. The molecule has 6 nitrogen and oxygen atoms in total. The van der Waals surface area contributed by atoms with Gasteiger partial charge in [-0.2, -0.15) is 0 Å². The van der Waals surface area contributed by atoms with E-state index in [0.717, 1.165) is 88.1 Å². The highest BCUT2D eigenvalue weighted by Crippen LogP contribution is 2.42. The number of benzene rings is 2. The van der Waals surface area contributed by atoms with Crippen LogP contribution in [0.3, 0.4) is 0 Å². The molecule has 0 saturated carbocycles. The lowest BCUT2D eigenvalue weighted by Gasteiger charge is -2.45. The maximum absolute atomic E-state index is 13.4. The second-order valence-corrected chi connectivity index (χ2v) is 12.0. The third kappa shape index (κ3) is 5.01. The van der Waals surface area contributed by atoms with E-state index in [4.69, 9.17) is 5.73 Å². The van der Waals surface area contributed by atoms with Crippen molar-refractivity contribution in [2.45, 2.75) is 57.4 Å². The molecule has 0 aliphatic carbocycles. The number of nitrogens with zero attached hydrogens (tertiary/aromatic N) is 3. The first-order chi connectivity index (χ1) is 18.3. The molecule has 0 aromatic heterocycles. The van der Waals surface area contributed by atoms with Crippen LogP contribution in [0.5, 0.6) is 0 Å². The summed E-state index contributed by atoms with van der Waals surface area (Å²) in [7, 11) is 2.09. The topological polar surface area (TPSA) is 69.9 Å². The largest absolute Gasteiger partial charge is 0.368 e. The lowest BCUT2D eigenvalue weighted by atomic mass is 9.73. The summed E-state index contributed by atoms with van der Waals surface area (Å²) in [6, 6.07) is 16.6. The fourth-order valence-electron chi connectivity index (χ4n) is 7.66. The molecule has 0 radical (unpaired) electrons. The molecule has 2 amide bonds. The number of rotatable bonds is 7. The van der Waals surface area contributed by atoms with Crippen molar-refractivity contribution in [3.05, 3.63) is 70.8 Å². The average Bonchev–Trinajstić information content (AvgIpc) is 3.40. The van der Waals surface area contributed by atoms with Crippen LogP contribution in [0.15, 0.2) is 48.5 Å². The van der Waals surface area contributed by atoms with Crippen LogP contribution in [0, 0.1) is 25.7 Å². The van der Waals surface area contributed by atoms with E-state index in [1.54, 1.807) is 0 Å². The molecule has 3 saturated heterocycles. The van der Waals surface area contributed by atoms with Crippen LogP contribution in [-0.4, -0.2) is 78.4 Å². The Morgan fingerprint density at radius 3 is 2.21 bits per heavy atom. The fourth-order valence-corrected chi connectivity index (χ4v) is 7.66. The molecule has 0 bridgehead atoms. The number of aryl methyl sites for hydroxylation is 2. The van der Waals surface area contributed by atoms with E-state index >= 15 is 0 Å². The van der Waals surface area contributed by atoms with Gasteiger partial charge in [-0.3, -0.25) is 14.5 Å². The number of nitrogens with two attached hydrogens (primary N) is 1. The van der Waals surface area contributed by atoms with Crippen LogP contribution in [0.4, 0.5) is 0 Å². The molecule has 2 aromatic rings. The standard InChI is InChI=1S/C32H44N4O2/c1-23-11-10-12-24(2)29(23)30(37)36-21-26-19-35(20-27(26)22-36)18-15-28(25-13-6-4-7-14-25)32(31(33)38)16-8-5-9-17-34(32)3/h4,6-7,10-14,26-28H,5,8-9,15-22H2,1-3H3,(H2,33,38)/t26?,27?,28-,32?/m0/s1. The van der Waals surface area contributed by atoms with Gasteiger partial charge in [-0.05, 0) is 81.8 Å². The Labute approximate surface area is 228 Å². The first-order valence-corrected chi connectivity index (χ1v) is 14.4. The van der Waals surface area contributed by atoms with Crippen molar-refractivity contribution in [1.29, 1.82) is 0 Å². The van der Waals surface area contributed by atoms with Gasteiger partial charge in [0.15, 0.2) is 0 Å². The second kappa shape index (κ2) is 11.2. The average molecular weight is 517 g/mol. The van der Waals surface area contributed by atoms with Crippen molar-refractivity contribution >= 4 is 11.8 Å². The molecule has 38 heavy (non-hydrogen) atoms. The maximum atomic E-state index is 13.4. The minimum Gasteiger partial charge on any atom is -0.368 e. The maximum Gasteiger partial charge on any atom is 0.254 e. The number of likely N-dealkylation sites (N-methyl/N-ethyl adjacent to an activating group) is 1. The van der Waals surface area contributed by atoms with Gasteiger partial charge in [0.05, 0.1) is 0 Å². The van der Waals surface area contributed by atoms with Crippen molar-refractivity contribution in [1.82, 2.24) is 14.7 Å². The third-order valence-electron chi connectivity index (χ3n) is 9.72. The number of carbonyl (C=O) groups excluding carboxylic acids is 2. The molecule has 2 aromatic carbocycles. The number of primary amides is 1. The van der Waals surface area contributed by atoms with Crippen molar-refractivity contribution in [2.75, 3.05) is 46.3 Å².